The fourth-order valence-corrected chi connectivity index (χ4v) is 1.51. The number of phenols is 1. The molecule has 2 rings (SSSR count). The van der Waals surface area contributed by atoms with Crippen LogP contribution in [0.15, 0.2) is 48.5 Å². The minimum absolute atomic E-state index is 0.115. The van der Waals surface area contributed by atoms with Crippen molar-refractivity contribution in [2.75, 3.05) is 0 Å². The van der Waals surface area contributed by atoms with E-state index in [-0.39, 0.29) is 11.5 Å². The number of nitriles is 1. The van der Waals surface area contributed by atoms with Gasteiger partial charge < -0.3 is 9.84 Å². The van der Waals surface area contributed by atoms with E-state index in [9.17, 15) is 4.79 Å². The van der Waals surface area contributed by atoms with Gasteiger partial charge in [0.2, 0.25) is 0 Å². The Morgan fingerprint density at radius 3 is 2.00 bits per heavy atom. The van der Waals surface area contributed by atoms with E-state index < -0.39 is 0 Å². The lowest BCUT2D eigenvalue weighted by molar-refractivity contribution is 0.103. The van der Waals surface area contributed by atoms with Crippen LogP contribution >= 0.6 is 0 Å². The van der Waals surface area contributed by atoms with Crippen molar-refractivity contribution in [1.29, 1.82) is 5.26 Å². The number of hydrogen-bond acceptors (Lipinski definition) is 4. The van der Waals surface area contributed by atoms with Crippen molar-refractivity contribution in [1.82, 2.24) is 0 Å². The highest BCUT2D eigenvalue weighted by Crippen LogP contribution is 2.17. The molecule has 0 spiro atoms. The lowest BCUT2D eigenvalue weighted by Gasteiger charge is -2.02. The van der Waals surface area contributed by atoms with Crippen LogP contribution < -0.4 is 4.74 Å². The molecular weight excluding hydrogens is 230 g/mol. The van der Waals surface area contributed by atoms with Crippen molar-refractivity contribution >= 4 is 5.78 Å². The van der Waals surface area contributed by atoms with Crippen LogP contribution in [-0.4, -0.2) is 10.9 Å². The zero-order valence-electron chi connectivity index (χ0n) is 9.33. The average molecular weight is 239 g/mol. The number of ether oxygens (including phenoxy) is 1. The van der Waals surface area contributed by atoms with Crippen LogP contribution in [0, 0.1) is 11.5 Å². The zero-order chi connectivity index (χ0) is 13.0. The molecule has 1 N–H and O–H groups in total. The Morgan fingerprint density at radius 2 is 1.50 bits per heavy atom. The van der Waals surface area contributed by atoms with E-state index >= 15 is 0 Å². The predicted octanol–water partition coefficient (Wildman–Crippen LogP) is 2.48. The SMILES string of the molecule is N#COc1ccc(C(=O)c2ccc(O)cc2)cc1. The van der Waals surface area contributed by atoms with Crippen molar-refractivity contribution in [3.05, 3.63) is 59.7 Å². The highest BCUT2D eigenvalue weighted by atomic mass is 16.5. The molecule has 0 amide bonds. The van der Waals surface area contributed by atoms with E-state index in [1.165, 1.54) is 12.1 Å². The number of nitrogens with zero attached hydrogens (tertiary/aromatic N) is 1. The number of carbonyl (C=O) groups excluding carboxylic acids is 1. The molecule has 0 atom stereocenters. The molecule has 4 heteroatoms. The Hall–Kier alpha value is -2.80. The van der Waals surface area contributed by atoms with Crippen molar-refractivity contribution in [2.24, 2.45) is 0 Å². The molecule has 0 aliphatic rings. The standard InChI is InChI=1S/C14H9NO3/c15-9-18-13-7-3-11(4-8-13)14(17)10-1-5-12(16)6-2-10/h1-8,16H. The van der Waals surface area contributed by atoms with Gasteiger partial charge in [-0.05, 0) is 48.5 Å². The first-order valence-electron chi connectivity index (χ1n) is 5.20. The van der Waals surface area contributed by atoms with Crippen molar-refractivity contribution in [2.45, 2.75) is 0 Å². The van der Waals surface area contributed by atoms with Gasteiger partial charge in [-0.2, -0.15) is 0 Å². The number of phenolic OH excluding ortho intramolecular Hbond substituents is 1. The fourth-order valence-electron chi connectivity index (χ4n) is 1.51. The topological polar surface area (TPSA) is 70.3 Å². The maximum Gasteiger partial charge on any atom is 0.292 e. The number of ketones is 1. The van der Waals surface area contributed by atoms with E-state index in [4.69, 9.17) is 10.4 Å². The number of hydrogen-bond donors (Lipinski definition) is 1. The van der Waals surface area contributed by atoms with Gasteiger partial charge in [0.1, 0.15) is 11.5 Å². The summed E-state index contributed by atoms with van der Waals surface area (Å²) in [5.74, 6) is 0.350. The van der Waals surface area contributed by atoms with Gasteiger partial charge in [-0.3, -0.25) is 4.79 Å². The molecule has 0 saturated heterocycles. The molecule has 0 bridgehead atoms. The second kappa shape index (κ2) is 5.02. The zero-order valence-corrected chi connectivity index (χ0v) is 9.33. The maximum absolute atomic E-state index is 12.0. The third kappa shape index (κ3) is 2.47. The highest BCUT2D eigenvalue weighted by Gasteiger charge is 2.08. The van der Waals surface area contributed by atoms with E-state index in [2.05, 4.69) is 4.74 Å². The van der Waals surface area contributed by atoms with Crippen molar-refractivity contribution in [3.63, 3.8) is 0 Å². The minimum Gasteiger partial charge on any atom is -0.508 e. The summed E-state index contributed by atoms with van der Waals surface area (Å²) in [6.07, 6.45) is 1.56. The lowest BCUT2D eigenvalue weighted by Crippen LogP contribution is -2.00. The molecular formula is C14H9NO3. The summed E-state index contributed by atoms with van der Waals surface area (Å²) in [4.78, 5) is 12.0. The highest BCUT2D eigenvalue weighted by molar-refractivity contribution is 6.09. The summed E-state index contributed by atoms with van der Waals surface area (Å²) in [6.45, 7) is 0. The summed E-state index contributed by atoms with van der Waals surface area (Å²) in [6, 6.07) is 12.3. The Bertz CT molecular complexity index is 594. The Balaban J connectivity index is 2.24. The molecule has 4 nitrogen and oxygen atoms in total. The molecule has 0 radical (unpaired) electrons. The van der Waals surface area contributed by atoms with Crippen LogP contribution in [0.25, 0.3) is 0 Å². The van der Waals surface area contributed by atoms with Gasteiger partial charge in [0.25, 0.3) is 6.26 Å². The monoisotopic (exact) mass is 239 g/mol. The molecule has 2 aromatic rings. The third-order valence-corrected chi connectivity index (χ3v) is 2.41. The first-order chi connectivity index (χ1) is 8.70. The van der Waals surface area contributed by atoms with Gasteiger partial charge in [-0.1, -0.05) is 0 Å². The molecule has 0 aliphatic carbocycles. The average Bonchev–Trinajstić information content (AvgIpc) is 2.40. The van der Waals surface area contributed by atoms with Crippen LogP contribution in [0.2, 0.25) is 0 Å². The van der Waals surface area contributed by atoms with Gasteiger partial charge in [0, 0.05) is 11.1 Å². The van der Waals surface area contributed by atoms with E-state index in [0.29, 0.717) is 16.9 Å². The van der Waals surface area contributed by atoms with Gasteiger partial charge in [-0.25, -0.2) is 0 Å². The van der Waals surface area contributed by atoms with Crippen LogP contribution in [-0.2, 0) is 0 Å². The minimum atomic E-state index is -0.154. The van der Waals surface area contributed by atoms with Crippen LogP contribution in [0.3, 0.4) is 0 Å². The largest absolute Gasteiger partial charge is 0.508 e. The molecule has 0 fully saturated rings. The Labute approximate surface area is 104 Å². The normalized spacial score (nSPS) is 9.50. The molecule has 88 valence electrons. The summed E-state index contributed by atoms with van der Waals surface area (Å²) in [5, 5.41) is 17.5. The van der Waals surface area contributed by atoms with Gasteiger partial charge >= 0.3 is 0 Å². The van der Waals surface area contributed by atoms with Crippen LogP contribution in [0.1, 0.15) is 15.9 Å². The van der Waals surface area contributed by atoms with Crippen molar-refractivity contribution in [3.8, 4) is 17.8 Å². The van der Waals surface area contributed by atoms with Gasteiger partial charge in [-0.15, -0.1) is 5.26 Å². The quantitative estimate of drug-likeness (QED) is 0.659. The summed E-state index contributed by atoms with van der Waals surface area (Å²) >= 11 is 0. The summed E-state index contributed by atoms with van der Waals surface area (Å²) < 4.78 is 4.62. The van der Waals surface area contributed by atoms with Crippen molar-refractivity contribution < 1.29 is 14.6 Å². The van der Waals surface area contributed by atoms with Crippen LogP contribution in [0.5, 0.6) is 11.5 Å². The second-order valence-corrected chi connectivity index (χ2v) is 3.59. The van der Waals surface area contributed by atoms with Gasteiger partial charge in [0.05, 0.1) is 0 Å². The number of aromatic hydroxyl groups is 1. The van der Waals surface area contributed by atoms with E-state index in [1.54, 1.807) is 42.7 Å². The summed E-state index contributed by atoms with van der Waals surface area (Å²) in [7, 11) is 0. The first-order valence-corrected chi connectivity index (χ1v) is 5.20. The molecule has 0 saturated carbocycles. The number of benzene rings is 2. The lowest BCUT2D eigenvalue weighted by atomic mass is 10.0. The number of carbonyl (C=O) groups is 1. The van der Waals surface area contributed by atoms with E-state index in [0.717, 1.165) is 0 Å². The van der Waals surface area contributed by atoms with E-state index in [1.807, 2.05) is 0 Å². The summed E-state index contributed by atoms with van der Waals surface area (Å²) in [5.41, 5.74) is 0.979. The molecule has 0 aromatic heterocycles. The molecule has 2 aromatic carbocycles. The maximum atomic E-state index is 12.0. The smallest absolute Gasteiger partial charge is 0.292 e. The first kappa shape index (κ1) is 11.7. The molecule has 0 aliphatic heterocycles. The van der Waals surface area contributed by atoms with Crippen LogP contribution in [0.4, 0.5) is 0 Å². The Morgan fingerprint density at radius 1 is 1.00 bits per heavy atom. The Kier molecular flexibility index (Phi) is 3.26. The molecule has 0 unspecified atom stereocenters. The fraction of sp³-hybridized carbons (Fsp3) is 0. The predicted molar refractivity (Wildman–Crippen MR) is 64.2 cm³/mol. The number of rotatable bonds is 3. The second-order valence-electron chi connectivity index (χ2n) is 3.59. The third-order valence-electron chi connectivity index (χ3n) is 2.41. The molecule has 0 heterocycles. The molecule has 18 heavy (non-hydrogen) atoms. The van der Waals surface area contributed by atoms with Gasteiger partial charge in [0.15, 0.2) is 5.78 Å².